The quantitative estimate of drug-likeness (QED) is 0.880. The van der Waals surface area contributed by atoms with Gasteiger partial charge in [-0.25, -0.2) is 0 Å². The fourth-order valence-electron chi connectivity index (χ4n) is 2.16. The molecule has 1 heterocycles. The van der Waals surface area contributed by atoms with E-state index < -0.39 is 0 Å². The van der Waals surface area contributed by atoms with E-state index >= 15 is 0 Å². The van der Waals surface area contributed by atoms with Crippen LogP contribution in [0.1, 0.15) is 11.8 Å². The number of nitrogens with one attached hydrogen (secondary N) is 1. The Morgan fingerprint density at radius 3 is 2.60 bits per heavy atom. The lowest BCUT2D eigenvalue weighted by molar-refractivity contribution is 0.260. The fourth-order valence-corrected chi connectivity index (χ4v) is 2.61. The largest absolute Gasteiger partial charge is 0.464 e. The number of fused-ring (bicyclic) bond motifs is 1. The average molecular weight is 309 g/mol. The lowest BCUT2D eigenvalue weighted by atomic mass is 10.1. The van der Waals surface area contributed by atoms with Gasteiger partial charge < -0.3 is 15.0 Å². The molecule has 3 nitrogen and oxygen atoms in total. The molecular weight excluding hydrogens is 295 g/mol. The van der Waals surface area contributed by atoms with E-state index in [0.29, 0.717) is 10.0 Å². The van der Waals surface area contributed by atoms with Gasteiger partial charge in [0.15, 0.2) is 6.23 Å². The number of benzene rings is 2. The number of hydrogen-bond donors (Lipinski definition) is 1. The Morgan fingerprint density at radius 1 is 1.10 bits per heavy atom. The van der Waals surface area contributed by atoms with Gasteiger partial charge in [0.1, 0.15) is 5.75 Å². The topological polar surface area (TPSA) is 24.5 Å². The van der Waals surface area contributed by atoms with Crippen LogP contribution < -0.4 is 15.0 Å². The Kier molecular flexibility index (Phi) is 3.40. The van der Waals surface area contributed by atoms with E-state index in [4.69, 9.17) is 27.9 Å². The second kappa shape index (κ2) is 5.08. The highest BCUT2D eigenvalue weighted by molar-refractivity contribution is 6.32. The number of nitrogens with zero attached hydrogens (tertiary/aromatic N) is 1. The van der Waals surface area contributed by atoms with Gasteiger partial charge in [-0.3, -0.25) is 0 Å². The normalized spacial score (nSPS) is 16.3. The number of halogens is 2. The summed E-state index contributed by atoms with van der Waals surface area (Å²) in [6.45, 7) is 0. The van der Waals surface area contributed by atoms with E-state index in [1.54, 1.807) is 6.07 Å². The van der Waals surface area contributed by atoms with E-state index in [2.05, 4.69) is 5.32 Å². The molecule has 0 aromatic heterocycles. The molecule has 1 atom stereocenters. The molecule has 0 saturated heterocycles. The molecule has 0 saturated carbocycles. The molecule has 20 heavy (non-hydrogen) atoms. The minimum atomic E-state index is -0.285. The summed E-state index contributed by atoms with van der Waals surface area (Å²) < 4.78 is 5.86. The standard InChI is InChI=1S/C15H14Cl2N2O/c1-19(2)10-4-5-11(12(17)8-10)15-18-13-7-9(16)3-6-14(13)20-15/h3-8,15,18H,1-2H3. The molecular formula is C15H14Cl2N2O. The van der Waals surface area contributed by atoms with Crippen molar-refractivity contribution in [2.45, 2.75) is 6.23 Å². The molecule has 0 fully saturated rings. The van der Waals surface area contributed by atoms with Gasteiger partial charge in [-0.15, -0.1) is 0 Å². The highest BCUT2D eigenvalue weighted by Gasteiger charge is 2.25. The second-order valence-electron chi connectivity index (χ2n) is 4.88. The van der Waals surface area contributed by atoms with Crippen LogP contribution in [0.15, 0.2) is 36.4 Å². The number of hydrogen-bond acceptors (Lipinski definition) is 3. The lowest BCUT2D eigenvalue weighted by Crippen LogP contribution is -2.12. The third kappa shape index (κ3) is 2.39. The first-order valence-corrected chi connectivity index (χ1v) is 7.00. The maximum Gasteiger partial charge on any atom is 0.198 e. The molecule has 0 spiro atoms. The summed E-state index contributed by atoms with van der Waals surface area (Å²) in [4.78, 5) is 2.01. The second-order valence-corrected chi connectivity index (χ2v) is 5.73. The number of anilines is 2. The maximum atomic E-state index is 6.35. The van der Waals surface area contributed by atoms with Crippen LogP contribution in [0.4, 0.5) is 11.4 Å². The third-order valence-corrected chi connectivity index (χ3v) is 3.82. The van der Waals surface area contributed by atoms with Crippen LogP contribution >= 0.6 is 23.2 Å². The van der Waals surface area contributed by atoms with Gasteiger partial charge in [0.25, 0.3) is 0 Å². The summed E-state index contributed by atoms with van der Waals surface area (Å²) in [6.07, 6.45) is -0.285. The monoisotopic (exact) mass is 308 g/mol. The minimum absolute atomic E-state index is 0.285. The van der Waals surface area contributed by atoms with Crippen molar-refractivity contribution in [3.8, 4) is 5.75 Å². The predicted octanol–water partition coefficient (Wildman–Crippen LogP) is 4.56. The van der Waals surface area contributed by atoms with Crippen molar-refractivity contribution < 1.29 is 4.74 Å². The Labute approximate surface area is 128 Å². The molecule has 1 aliphatic rings. The SMILES string of the molecule is CN(C)c1ccc(C2Nc3cc(Cl)ccc3O2)c(Cl)c1. The molecule has 5 heteroatoms. The zero-order valence-corrected chi connectivity index (χ0v) is 12.7. The Hall–Kier alpha value is -1.58. The van der Waals surface area contributed by atoms with E-state index in [9.17, 15) is 0 Å². The molecule has 0 radical (unpaired) electrons. The Bertz CT molecular complexity index is 658. The van der Waals surface area contributed by atoms with Crippen LogP contribution in [-0.4, -0.2) is 14.1 Å². The van der Waals surface area contributed by atoms with Crippen LogP contribution in [0.2, 0.25) is 10.0 Å². The summed E-state index contributed by atoms with van der Waals surface area (Å²) in [5.74, 6) is 0.784. The zero-order chi connectivity index (χ0) is 14.3. The van der Waals surface area contributed by atoms with Crippen LogP contribution in [-0.2, 0) is 0 Å². The Morgan fingerprint density at radius 2 is 1.90 bits per heavy atom. The summed E-state index contributed by atoms with van der Waals surface area (Å²) in [5.41, 5.74) is 2.84. The van der Waals surface area contributed by atoms with E-state index in [1.165, 1.54) is 0 Å². The summed E-state index contributed by atoms with van der Waals surface area (Å²) in [7, 11) is 3.96. The van der Waals surface area contributed by atoms with E-state index in [0.717, 1.165) is 22.7 Å². The van der Waals surface area contributed by atoms with Crippen LogP contribution in [0, 0.1) is 0 Å². The van der Waals surface area contributed by atoms with Gasteiger partial charge >= 0.3 is 0 Å². The number of ether oxygens (including phenoxy) is 1. The van der Waals surface area contributed by atoms with Crippen LogP contribution in [0.25, 0.3) is 0 Å². The van der Waals surface area contributed by atoms with Crippen molar-refractivity contribution >= 4 is 34.6 Å². The maximum absolute atomic E-state index is 6.35. The highest BCUT2D eigenvalue weighted by Crippen LogP contribution is 2.41. The summed E-state index contributed by atoms with van der Waals surface area (Å²) in [5, 5.41) is 4.63. The molecule has 0 bridgehead atoms. The molecule has 1 aliphatic heterocycles. The van der Waals surface area contributed by atoms with Gasteiger partial charge in [0, 0.05) is 30.4 Å². The van der Waals surface area contributed by atoms with E-state index in [-0.39, 0.29) is 6.23 Å². The van der Waals surface area contributed by atoms with Crippen molar-refractivity contribution in [3.63, 3.8) is 0 Å². The minimum Gasteiger partial charge on any atom is -0.464 e. The number of rotatable bonds is 2. The lowest BCUT2D eigenvalue weighted by Gasteiger charge is -2.17. The first-order chi connectivity index (χ1) is 9.54. The van der Waals surface area contributed by atoms with Crippen molar-refractivity contribution in [1.82, 2.24) is 0 Å². The fraction of sp³-hybridized carbons (Fsp3) is 0.200. The molecule has 1 N–H and O–H groups in total. The van der Waals surface area contributed by atoms with Gasteiger partial charge in [-0.1, -0.05) is 23.2 Å². The first kappa shape index (κ1) is 13.4. The van der Waals surface area contributed by atoms with E-state index in [1.807, 2.05) is 49.3 Å². The van der Waals surface area contributed by atoms with Gasteiger partial charge in [-0.2, -0.15) is 0 Å². The van der Waals surface area contributed by atoms with Gasteiger partial charge in [0.2, 0.25) is 0 Å². The molecule has 2 aromatic carbocycles. The van der Waals surface area contributed by atoms with Crippen molar-refractivity contribution in [2.75, 3.05) is 24.3 Å². The average Bonchev–Trinajstić information content (AvgIpc) is 2.80. The molecule has 2 aromatic rings. The van der Waals surface area contributed by atoms with Crippen LogP contribution in [0.5, 0.6) is 5.75 Å². The molecule has 0 amide bonds. The van der Waals surface area contributed by atoms with Gasteiger partial charge in [-0.05, 0) is 36.4 Å². The smallest absolute Gasteiger partial charge is 0.198 e. The first-order valence-electron chi connectivity index (χ1n) is 6.24. The van der Waals surface area contributed by atoms with Crippen LogP contribution in [0.3, 0.4) is 0 Å². The van der Waals surface area contributed by atoms with Crippen molar-refractivity contribution in [3.05, 3.63) is 52.0 Å². The molecule has 0 aliphatic carbocycles. The summed E-state index contributed by atoms with van der Waals surface area (Å²) >= 11 is 12.3. The molecule has 3 rings (SSSR count). The van der Waals surface area contributed by atoms with Crippen molar-refractivity contribution in [1.29, 1.82) is 0 Å². The van der Waals surface area contributed by atoms with Crippen molar-refractivity contribution in [2.24, 2.45) is 0 Å². The Balaban J connectivity index is 1.89. The zero-order valence-electron chi connectivity index (χ0n) is 11.2. The van der Waals surface area contributed by atoms with Gasteiger partial charge in [0.05, 0.1) is 10.7 Å². The molecule has 1 unspecified atom stereocenters. The predicted molar refractivity (Wildman–Crippen MR) is 84.2 cm³/mol. The highest BCUT2D eigenvalue weighted by atomic mass is 35.5. The third-order valence-electron chi connectivity index (χ3n) is 3.26. The summed E-state index contributed by atoms with van der Waals surface area (Å²) in [6, 6.07) is 11.4. The molecule has 104 valence electrons.